The fourth-order valence-corrected chi connectivity index (χ4v) is 1.98. The van der Waals surface area contributed by atoms with Gasteiger partial charge >= 0.3 is 0 Å². The van der Waals surface area contributed by atoms with Crippen LogP contribution in [-0.4, -0.2) is 5.78 Å². The third kappa shape index (κ3) is 2.29. The summed E-state index contributed by atoms with van der Waals surface area (Å²) in [6.45, 7) is 0. The van der Waals surface area contributed by atoms with Gasteiger partial charge in [0.15, 0.2) is 22.9 Å². The molecule has 1 aromatic carbocycles. The van der Waals surface area contributed by atoms with E-state index < -0.39 is 5.82 Å². The molecule has 0 radical (unpaired) electrons. The molecule has 96 valence electrons. The van der Waals surface area contributed by atoms with Gasteiger partial charge in [0.2, 0.25) is 0 Å². The summed E-state index contributed by atoms with van der Waals surface area (Å²) in [5.41, 5.74) is 0.129. The maximum absolute atomic E-state index is 13.5. The summed E-state index contributed by atoms with van der Waals surface area (Å²) in [5, 5.41) is 0.598. The predicted octanol–water partition coefficient (Wildman–Crippen LogP) is 3.98. The molecular weight excluding hydrogens is 247 g/mol. The molecule has 0 atom stereocenters. The second-order valence-electron chi connectivity index (χ2n) is 4.27. The molecule has 0 unspecified atom stereocenters. The average Bonchev–Trinajstić information content (AvgIpc) is 3.05. The zero-order chi connectivity index (χ0) is 13.2. The number of Topliss-reactive ketones (excluding diaryl/α,β-unsaturated/α-hetero) is 1. The number of carbonyl (C=O) groups excluding carboxylic acids is 1. The third-order valence-corrected chi connectivity index (χ3v) is 2.95. The van der Waals surface area contributed by atoms with Crippen LogP contribution in [0.15, 0.2) is 51.5 Å². The molecule has 2 heterocycles. The van der Waals surface area contributed by atoms with Crippen molar-refractivity contribution in [3.05, 3.63) is 60.0 Å². The fourth-order valence-electron chi connectivity index (χ4n) is 1.98. The van der Waals surface area contributed by atoms with Crippen LogP contribution in [0.5, 0.6) is 0 Å². The number of benzene rings is 1. The molecule has 19 heavy (non-hydrogen) atoms. The Morgan fingerprint density at radius 2 is 2.11 bits per heavy atom. The highest BCUT2D eigenvalue weighted by atomic mass is 19.1. The normalized spacial score (nSPS) is 11.0. The van der Waals surface area contributed by atoms with Crippen LogP contribution in [0.4, 0.5) is 4.39 Å². The Morgan fingerprint density at radius 3 is 2.84 bits per heavy atom. The van der Waals surface area contributed by atoms with E-state index in [1.165, 1.54) is 6.07 Å². The highest BCUT2D eigenvalue weighted by Gasteiger charge is 2.14. The lowest BCUT2D eigenvalue weighted by Gasteiger charge is -1.95. The van der Waals surface area contributed by atoms with Crippen LogP contribution >= 0.6 is 0 Å². The van der Waals surface area contributed by atoms with Gasteiger partial charge in [0.05, 0.1) is 6.26 Å². The van der Waals surface area contributed by atoms with Crippen molar-refractivity contribution in [3.8, 4) is 0 Å². The standard InChI is InChI=1S/C15H11FO3/c16-12-5-1-3-10-9-14(19-15(10)12)13(17)7-6-11-4-2-8-18-11/h1-5,8-9H,6-7H2. The van der Waals surface area contributed by atoms with Gasteiger partial charge in [-0.15, -0.1) is 0 Å². The monoisotopic (exact) mass is 258 g/mol. The van der Waals surface area contributed by atoms with Crippen LogP contribution in [0.2, 0.25) is 0 Å². The highest BCUT2D eigenvalue weighted by molar-refractivity contribution is 5.97. The molecule has 0 aliphatic rings. The first-order valence-corrected chi connectivity index (χ1v) is 5.97. The molecule has 0 amide bonds. The molecule has 0 fully saturated rings. The summed E-state index contributed by atoms with van der Waals surface area (Å²) in [7, 11) is 0. The second-order valence-corrected chi connectivity index (χ2v) is 4.27. The van der Waals surface area contributed by atoms with Crippen molar-refractivity contribution in [2.24, 2.45) is 0 Å². The Labute approximate surface area is 108 Å². The fraction of sp³-hybridized carbons (Fsp3) is 0.133. The number of halogens is 1. The van der Waals surface area contributed by atoms with Crippen molar-refractivity contribution in [3.63, 3.8) is 0 Å². The van der Waals surface area contributed by atoms with Crippen LogP contribution in [0, 0.1) is 5.82 Å². The summed E-state index contributed by atoms with van der Waals surface area (Å²) in [5.74, 6) is 0.317. The Hall–Kier alpha value is -2.36. The Kier molecular flexibility index (Phi) is 2.91. The minimum Gasteiger partial charge on any atom is -0.469 e. The topological polar surface area (TPSA) is 43.4 Å². The Balaban J connectivity index is 1.80. The number of ketones is 1. The minimum absolute atomic E-state index is 0.129. The van der Waals surface area contributed by atoms with Gasteiger partial charge in [0, 0.05) is 18.2 Å². The molecule has 2 aromatic heterocycles. The number of hydrogen-bond acceptors (Lipinski definition) is 3. The molecule has 0 N–H and O–H groups in total. The van der Waals surface area contributed by atoms with E-state index >= 15 is 0 Å². The molecule has 3 nitrogen and oxygen atoms in total. The van der Waals surface area contributed by atoms with E-state index in [0.29, 0.717) is 11.8 Å². The van der Waals surface area contributed by atoms with Gasteiger partial charge in [-0.2, -0.15) is 0 Å². The summed E-state index contributed by atoms with van der Waals surface area (Å²) >= 11 is 0. The maximum Gasteiger partial charge on any atom is 0.198 e. The molecule has 0 aliphatic carbocycles. The van der Waals surface area contributed by atoms with Crippen LogP contribution in [0.25, 0.3) is 11.0 Å². The van der Waals surface area contributed by atoms with E-state index in [0.717, 1.165) is 5.76 Å². The summed E-state index contributed by atoms with van der Waals surface area (Å²) < 4.78 is 23.9. The maximum atomic E-state index is 13.5. The van der Waals surface area contributed by atoms with E-state index in [9.17, 15) is 9.18 Å². The van der Waals surface area contributed by atoms with Crippen molar-refractivity contribution in [2.75, 3.05) is 0 Å². The average molecular weight is 258 g/mol. The van der Waals surface area contributed by atoms with Gasteiger partial charge in [0.25, 0.3) is 0 Å². The van der Waals surface area contributed by atoms with E-state index in [-0.39, 0.29) is 23.5 Å². The number of para-hydroxylation sites is 1. The van der Waals surface area contributed by atoms with Crippen molar-refractivity contribution in [1.29, 1.82) is 0 Å². The van der Waals surface area contributed by atoms with Gasteiger partial charge in [-0.1, -0.05) is 12.1 Å². The molecular formula is C15H11FO3. The number of fused-ring (bicyclic) bond motifs is 1. The van der Waals surface area contributed by atoms with Crippen LogP contribution < -0.4 is 0 Å². The number of furan rings is 2. The van der Waals surface area contributed by atoms with Gasteiger partial charge in [-0.05, 0) is 24.3 Å². The van der Waals surface area contributed by atoms with E-state index in [1.54, 1.807) is 30.5 Å². The first-order valence-electron chi connectivity index (χ1n) is 5.97. The largest absolute Gasteiger partial charge is 0.469 e. The number of rotatable bonds is 4. The molecule has 0 saturated carbocycles. The van der Waals surface area contributed by atoms with Gasteiger partial charge < -0.3 is 8.83 Å². The first kappa shape index (κ1) is 11.7. The Morgan fingerprint density at radius 1 is 1.21 bits per heavy atom. The number of aryl methyl sites for hydroxylation is 1. The predicted molar refractivity (Wildman–Crippen MR) is 67.5 cm³/mol. The van der Waals surface area contributed by atoms with Crippen LogP contribution in [0.3, 0.4) is 0 Å². The highest BCUT2D eigenvalue weighted by Crippen LogP contribution is 2.23. The van der Waals surface area contributed by atoms with Gasteiger partial charge in [-0.25, -0.2) is 4.39 Å². The van der Waals surface area contributed by atoms with Crippen molar-refractivity contribution in [1.82, 2.24) is 0 Å². The molecule has 4 heteroatoms. The minimum atomic E-state index is -0.456. The van der Waals surface area contributed by atoms with E-state index in [1.807, 2.05) is 6.07 Å². The van der Waals surface area contributed by atoms with E-state index in [4.69, 9.17) is 8.83 Å². The molecule has 0 saturated heterocycles. The van der Waals surface area contributed by atoms with E-state index in [2.05, 4.69) is 0 Å². The second kappa shape index (κ2) is 4.72. The molecule has 0 bridgehead atoms. The summed E-state index contributed by atoms with van der Waals surface area (Å²) in [6, 6.07) is 9.77. The smallest absolute Gasteiger partial charge is 0.198 e. The van der Waals surface area contributed by atoms with Gasteiger partial charge in [-0.3, -0.25) is 4.79 Å². The molecule has 0 aliphatic heterocycles. The lowest BCUT2D eigenvalue weighted by molar-refractivity contribution is 0.0956. The summed E-state index contributed by atoms with van der Waals surface area (Å²) in [6.07, 6.45) is 2.34. The van der Waals surface area contributed by atoms with Crippen LogP contribution in [-0.2, 0) is 6.42 Å². The lowest BCUT2D eigenvalue weighted by Crippen LogP contribution is -1.98. The Bertz CT molecular complexity index is 710. The zero-order valence-corrected chi connectivity index (χ0v) is 10.1. The number of hydrogen-bond donors (Lipinski definition) is 0. The SMILES string of the molecule is O=C(CCc1ccco1)c1cc2cccc(F)c2o1. The molecule has 0 spiro atoms. The van der Waals surface area contributed by atoms with Crippen molar-refractivity contribution < 1.29 is 18.0 Å². The molecule has 3 aromatic rings. The van der Waals surface area contributed by atoms with Crippen LogP contribution in [0.1, 0.15) is 22.7 Å². The number of carbonyl (C=O) groups is 1. The van der Waals surface area contributed by atoms with Gasteiger partial charge in [0.1, 0.15) is 5.76 Å². The lowest BCUT2D eigenvalue weighted by atomic mass is 10.1. The first-order chi connectivity index (χ1) is 9.24. The zero-order valence-electron chi connectivity index (χ0n) is 10.1. The van der Waals surface area contributed by atoms with Crippen molar-refractivity contribution in [2.45, 2.75) is 12.8 Å². The third-order valence-electron chi connectivity index (χ3n) is 2.95. The quantitative estimate of drug-likeness (QED) is 0.665. The van der Waals surface area contributed by atoms with Crippen molar-refractivity contribution >= 4 is 16.8 Å². The molecule has 3 rings (SSSR count). The summed E-state index contributed by atoms with van der Waals surface area (Å²) in [4.78, 5) is 12.0.